The number of hydrogen-bond donors (Lipinski definition) is 0. The van der Waals surface area contributed by atoms with Gasteiger partial charge in [0, 0.05) is 37.9 Å². The molecule has 0 unspecified atom stereocenters. The molecule has 3 rings (SSSR count). The molecule has 1 amide bonds. The fraction of sp³-hybridized carbons (Fsp3) is 0.385. The van der Waals surface area contributed by atoms with Crippen molar-refractivity contribution in [1.82, 2.24) is 14.5 Å². The number of aryl methyl sites for hydroxylation is 1. The van der Waals surface area contributed by atoms with E-state index in [1.807, 2.05) is 34.8 Å². The first-order valence-electron chi connectivity index (χ1n) is 5.97. The Morgan fingerprint density at radius 3 is 2.88 bits per heavy atom. The van der Waals surface area contributed by atoms with Gasteiger partial charge in [0.1, 0.15) is 5.65 Å². The highest BCUT2D eigenvalue weighted by Gasteiger charge is 2.22. The third kappa shape index (κ3) is 1.60. The normalized spacial score (nSPS) is 15.7. The van der Waals surface area contributed by atoms with E-state index in [4.69, 9.17) is 0 Å². The third-order valence-electron chi connectivity index (χ3n) is 3.36. The van der Waals surface area contributed by atoms with E-state index in [1.54, 1.807) is 6.20 Å². The van der Waals surface area contributed by atoms with Crippen molar-refractivity contribution in [3.8, 4) is 0 Å². The second kappa shape index (κ2) is 3.87. The summed E-state index contributed by atoms with van der Waals surface area (Å²) in [5.74, 6) is 0.140. The van der Waals surface area contributed by atoms with E-state index in [-0.39, 0.29) is 5.91 Å². The molecular weight excluding hydrogens is 214 g/mol. The van der Waals surface area contributed by atoms with Gasteiger partial charge >= 0.3 is 0 Å². The molecule has 0 spiro atoms. The van der Waals surface area contributed by atoms with Gasteiger partial charge in [0.2, 0.25) is 0 Å². The van der Waals surface area contributed by atoms with Crippen molar-refractivity contribution in [3.05, 3.63) is 30.1 Å². The van der Waals surface area contributed by atoms with E-state index in [9.17, 15) is 4.79 Å². The topological polar surface area (TPSA) is 38.1 Å². The summed E-state index contributed by atoms with van der Waals surface area (Å²) >= 11 is 0. The Morgan fingerprint density at radius 2 is 2.12 bits per heavy atom. The number of hydrogen-bond acceptors (Lipinski definition) is 2. The van der Waals surface area contributed by atoms with Crippen LogP contribution in [0.4, 0.5) is 0 Å². The molecule has 1 aliphatic heterocycles. The minimum atomic E-state index is 0.140. The second-order valence-corrected chi connectivity index (χ2v) is 4.53. The van der Waals surface area contributed by atoms with Crippen LogP contribution in [0.15, 0.2) is 24.5 Å². The quantitative estimate of drug-likeness (QED) is 0.748. The van der Waals surface area contributed by atoms with Crippen LogP contribution in [-0.2, 0) is 7.05 Å². The van der Waals surface area contributed by atoms with Crippen LogP contribution in [0.5, 0.6) is 0 Å². The van der Waals surface area contributed by atoms with E-state index in [1.165, 1.54) is 0 Å². The molecule has 1 aliphatic rings. The second-order valence-electron chi connectivity index (χ2n) is 4.53. The lowest BCUT2D eigenvalue weighted by Crippen LogP contribution is -2.27. The van der Waals surface area contributed by atoms with Gasteiger partial charge in [-0.1, -0.05) is 0 Å². The van der Waals surface area contributed by atoms with Gasteiger partial charge in [-0.05, 0) is 25.0 Å². The molecule has 2 aromatic rings. The minimum absolute atomic E-state index is 0.140. The number of rotatable bonds is 1. The Kier molecular flexibility index (Phi) is 2.35. The zero-order valence-corrected chi connectivity index (χ0v) is 9.89. The number of carbonyl (C=O) groups excluding carboxylic acids is 1. The maximum Gasteiger partial charge on any atom is 0.256 e. The number of carbonyl (C=O) groups is 1. The lowest BCUT2D eigenvalue weighted by Gasteiger charge is -2.14. The van der Waals surface area contributed by atoms with Crippen molar-refractivity contribution >= 4 is 16.9 Å². The first kappa shape index (κ1) is 10.3. The summed E-state index contributed by atoms with van der Waals surface area (Å²) in [4.78, 5) is 18.6. The maximum atomic E-state index is 12.4. The van der Waals surface area contributed by atoms with Crippen LogP contribution < -0.4 is 0 Å². The van der Waals surface area contributed by atoms with Gasteiger partial charge < -0.3 is 9.47 Å². The van der Waals surface area contributed by atoms with Crippen LogP contribution in [0.3, 0.4) is 0 Å². The molecule has 3 heterocycles. The molecule has 4 nitrogen and oxygen atoms in total. The fourth-order valence-electron chi connectivity index (χ4n) is 2.47. The summed E-state index contributed by atoms with van der Waals surface area (Å²) in [7, 11) is 1.93. The zero-order valence-electron chi connectivity index (χ0n) is 9.89. The van der Waals surface area contributed by atoms with Gasteiger partial charge in [-0.2, -0.15) is 0 Å². The summed E-state index contributed by atoms with van der Waals surface area (Å²) in [6.07, 6.45) is 5.88. The zero-order chi connectivity index (χ0) is 11.8. The molecule has 1 fully saturated rings. The van der Waals surface area contributed by atoms with E-state index in [0.717, 1.165) is 42.5 Å². The van der Waals surface area contributed by atoms with Crippen molar-refractivity contribution in [3.63, 3.8) is 0 Å². The molecule has 0 bridgehead atoms. The molecule has 0 radical (unpaired) electrons. The van der Waals surface area contributed by atoms with E-state index < -0.39 is 0 Å². The largest absolute Gasteiger partial charge is 0.339 e. The number of nitrogens with zero attached hydrogens (tertiary/aromatic N) is 3. The predicted molar refractivity (Wildman–Crippen MR) is 65.9 cm³/mol. The standard InChI is InChI=1S/C13H15N3O/c1-15-9-11(10-5-4-6-14-12(10)15)13(17)16-7-2-3-8-16/h4-6,9H,2-3,7-8H2,1H3. The highest BCUT2D eigenvalue weighted by atomic mass is 16.2. The highest BCUT2D eigenvalue weighted by Crippen LogP contribution is 2.21. The maximum absolute atomic E-state index is 12.4. The summed E-state index contributed by atoms with van der Waals surface area (Å²) in [5.41, 5.74) is 1.65. The SMILES string of the molecule is Cn1cc(C(=O)N2CCCC2)c2cccnc21. The molecule has 1 saturated heterocycles. The predicted octanol–water partition coefficient (Wildman–Crippen LogP) is 1.81. The number of aromatic nitrogens is 2. The van der Waals surface area contributed by atoms with Gasteiger partial charge in [-0.15, -0.1) is 0 Å². The number of amides is 1. The number of fused-ring (bicyclic) bond motifs is 1. The smallest absolute Gasteiger partial charge is 0.256 e. The van der Waals surface area contributed by atoms with Crippen LogP contribution in [0.2, 0.25) is 0 Å². The Bertz CT molecular complexity index is 567. The van der Waals surface area contributed by atoms with Crippen molar-refractivity contribution in [2.24, 2.45) is 7.05 Å². The van der Waals surface area contributed by atoms with Crippen LogP contribution >= 0.6 is 0 Å². The van der Waals surface area contributed by atoms with Gasteiger partial charge in [-0.25, -0.2) is 4.98 Å². The lowest BCUT2D eigenvalue weighted by atomic mass is 10.2. The molecule has 2 aromatic heterocycles. The monoisotopic (exact) mass is 229 g/mol. The van der Waals surface area contributed by atoms with Crippen molar-refractivity contribution in [1.29, 1.82) is 0 Å². The van der Waals surface area contributed by atoms with Crippen molar-refractivity contribution in [2.45, 2.75) is 12.8 Å². The van der Waals surface area contributed by atoms with Crippen LogP contribution in [0, 0.1) is 0 Å². The van der Waals surface area contributed by atoms with Crippen LogP contribution in [-0.4, -0.2) is 33.4 Å². The Morgan fingerprint density at radius 1 is 1.35 bits per heavy atom. The molecule has 0 aromatic carbocycles. The molecule has 0 saturated carbocycles. The summed E-state index contributed by atoms with van der Waals surface area (Å²) in [6.45, 7) is 1.77. The third-order valence-corrected chi connectivity index (χ3v) is 3.36. The molecular formula is C13H15N3O. The molecule has 88 valence electrons. The molecule has 0 aliphatic carbocycles. The van der Waals surface area contributed by atoms with Crippen LogP contribution in [0.25, 0.3) is 11.0 Å². The van der Waals surface area contributed by atoms with E-state index in [0.29, 0.717) is 0 Å². The summed E-state index contributed by atoms with van der Waals surface area (Å²) < 4.78 is 1.92. The Hall–Kier alpha value is -1.84. The van der Waals surface area contributed by atoms with E-state index in [2.05, 4.69) is 4.98 Å². The molecule has 4 heteroatoms. The summed E-state index contributed by atoms with van der Waals surface area (Å²) in [5, 5.41) is 0.951. The van der Waals surface area contributed by atoms with Gasteiger partial charge in [-0.3, -0.25) is 4.79 Å². The average Bonchev–Trinajstić information content (AvgIpc) is 2.97. The van der Waals surface area contributed by atoms with Gasteiger partial charge in [0.25, 0.3) is 5.91 Å². The van der Waals surface area contributed by atoms with Crippen molar-refractivity contribution in [2.75, 3.05) is 13.1 Å². The summed E-state index contributed by atoms with van der Waals surface area (Å²) in [6, 6.07) is 3.84. The Balaban J connectivity index is 2.08. The fourth-order valence-corrected chi connectivity index (χ4v) is 2.47. The molecule has 0 atom stereocenters. The first-order valence-corrected chi connectivity index (χ1v) is 5.97. The van der Waals surface area contributed by atoms with E-state index >= 15 is 0 Å². The molecule has 17 heavy (non-hydrogen) atoms. The van der Waals surface area contributed by atoms with Gasteiger partial charge in [0.05, 0.1) is 5.56 Å². The average molecular weight is 229 g/mol. The first-order chi connectivity index (χ1) is 8.27. The lowest BCUT2D eigenvalue weighted by molar-refractivity contribution is 0.0794. The molecule has 0 N–H and O–H groups in total. The minimum Gasteiger partial charge on any atom is -0.339 e. The van der Waals surface area contributed by atoms with Crippen LogP contribution in [0.1, 0.15) is 23.2 Å². The van der Waals surface area contributed by atoms with Crippen molar-refractivity contribution < 1.29 is 4.79 Å². The Labute approximate surface area is 99.9 Å². The number of likely N-dealkylation sites (tertiary alicyclic amines) is 1. The highest BCUT2D eigenvalue weighted by molar-refractivity contribution is 6.06. The number of pyridine rings is 1. The van der Waals surface area contributed by atoms with Gasteiger partial charge in [0.15, 0.2) is 0 Å².